The van der Waals surface area contributed by atoms with Gasteiger partial charge in [-0.2, -0.15) is 0 Å². The fraction of sp³-hybridized carbons (Fsp3) is 0. The van der Waals surface area contributed by atoms with Crippen molar-refractivity contribution in [3.05, 3.63) is 144 Å². The molecule has 0 saturated carbocycles. The van der Waals surface area contributed by atoms with Crippen LogP contribution in [0.3, 0.4) is 0 Å². The summed E-state index contributed by atoms with van der Waals surface area (Å²) in [5.41, 5.74) is 3.75. The molecule has 0 N–H and O–H groups in total. The molecule has 0 unspecified atom stereocenters. The third-order valence-electron chi connectivity index (χ3n) is 3.76. The van der Waals surface area contributed by atoms with Crippen LogP contribution in [-0.2, 0) is 0 Å². The van der Waals surface area contributed by atoms with Gasteiger partial charge in [-0.1, -0.05) is 96.5 Å². The number of benzene rings is 4. The van der Waals surface area contributed by atoms with Crippen LogP contribution in [0.25, 0.3) is 0 Å². The Kier molecular flexibility index (Phi) is 17.4. The molecule has 0 spiro atoms. The van der Waals surface area contributed by atoms with Crippen LogP contribution in [0, 0.1) is 49.4 Å². The Morgan fingerprint density at radius 2 is 0.455 bits per heavy atom. The van der Waals surface area contributed by atoms with E-state index in [2.05, 4.69) is 23.7 Å². The van der Waals surface area contributed by atoms with Crippen molar-refractivity contribution in [1.82, 2.24) is 0 Å². The molecule has 0 fully saturated rings. The van der Waals surface area contributed by atoms with Gasteiger partial charge >= 0.3 is 0 Å². The first-order chi connectivity index (χ1) is 15.7. The summed E-state index contributed by atoms with van der Waals surface area (Å²) in [6.45, 7) is 0. The van der Waals surface area contributed by atoms with E-state index in [1.165, 1.54) is 0 Å². The van der Waals surface area contributed by atoms with Crippen LogP contribution in [0.4, 0.5) is 0 Å². The normalized spacial score (nSPS) is 7.64. The first kappa shape index (κ1) is 28.9. The molecule has 4 rings (SSSR count). The summed E-state index contributed by atoms with van der Waals surface area (Å²) in [6.07, 6.45) is 20.4. The van der Waals surface area contributed by atoms with Gasteiger partial charge in [0.25, 0.3) is 0 Å². The standard InChI is InChI=1S/4C8H6.Sn/c4*1-2-8-6-4-3-5-7-8;/h4*1,3-7H;. The summed E-state index contributed by atoms with van der Waals surface area (Å²) >= 11 is 0. The smallest absolute Gasteiger partial charge is 0.0242 e. The van der Waals surface area contributed by atoms with E-state index in [0.29, 0.717) is 0 Å². The molecule has 0 heterocycles. The molecular weight excluding hydrogens is 503 g/mol. The number of terminal acetylenes is 4. The predicted molar refractivity (Wildman–Crippen MR) is 143 cm³/mol. The van der Waals surface area contributed by atoms with Crippen molar-refractivity contribution in [2.45, 2.75) is 0 Å². The summed E-state index contributed by atoms with van der Waals surface area (Å²) in [4.78, 5) is 0. The van der Waals surface area contributed by atoms with E-state index in [1.54, 1.807) is 0 Å². The Labute approximate surface area is 216 Å². The van der Waals surface area contributed by atoms with Crippen LogP contribution in [0.5, 0.6) is 0 Å². The van der Waals surface area contributed by atoms with Gasteiger partial charge in [0.2, 0.25) is 0 Å². The molecular formula is C32H24Sn. The van der Waals surface area contributed by atoms with E-state index in [0.717, 1.165) is 22.3 Å². The van der Waals surface area contributed by atoms with Gasteiger partial charge in [-0.3, -0.25) is 0 Å². The fourth-order valence-electron chi connectivity index (χ4n) is 2.14. The number of rotatable bonds is 0. The monoisotopic (exact) mass is 528 g/mol. The van der Waals surface area contributed by atoms with Gasteiger partial charge in [0.05, 0.1) is 0 Å². The largest absolute Gasteiger partial charge is 0.115 e. The van der Waals surface area contributed by atoms with E-state index < -0.39 is 0 Å². The molecule has 0 saturated heterocycles. The van der Waals surface area contributed by atoms with E-state index >= 15 is 0 Å². The SMILES string of the molecule is C#Cc1ccccc1.C#Cc1ccccc1.C#Cc1ccccc1.C#Cc1ccccc1.[Sn]. The Morgan fingerprint density at radius 3 is 0.545 bits per heavy atom. The minimum Gasteiger partial charge on any atom is -0.115 e. The summed E-state index contributed by atoms with van der Waals surface area (Å²) in [6, 6.07) is 38.4. The summed E-state index contributed by atoms with van der Waals surface area (Å²) in [5, 5.41) is 0. The first-order valence-corrected chi connectivity index (χ1v) is 9.80. The molecule has 0 amide bonds. The molecule has 0 aromatic heterocycles. The number of hydrogen-bond acceptors (Lipinski definition) is 0. The van der Waals surface area contributed by atoms with Crippen molar-refractivity contribution in [3.63, 3.8) is 0 Å². The molecule has 156 valence electrons. The molecule has 0 aliphatic heterocycles. The first-order valence-electron chi connectivity index (χ1n) is 9.80. The topological polar surface area (TPSA) is 0 Å². The zero-order valence-corrected chi connectivity index (χ0v) is 21.2. The summed E-state index contributed by atoms with van der Waals surface area (Å²) < 4.78 is 0. The molecule has 0 nitrogen and oxygen atoms in total. The summed E-state index contributed by atoms with van der Waals surface area (Å²) in [7, 11) is 0. The minimum absolute atomic E-state index is 0. The third kappa shape index (κ3) is 14.5. The molecule has 4 aromatic rings. The van der Waals surface area contributed by atoms with Gasteiger partial charge in [0.1, 0.15) is 0 Å². The van der Waals surface area contributed by atoms with Crippen LogP contribution in [0.15, 0.2) is 121 Å². The second-order valence-electron chi connectivity index (χ2n) is 6.04. The van der Waals surface area contributed by atoms with Gasteiger partial charge in [0, 0.05) is 46.2 Å². The van der Waals surface area contributed by atoms with Gasteiger partial charge in [-0.15, -0.1) is 25.7 Å². The Balaban J connectivity index is 0.000000410. The summed E-state index contributed by atoms with van der Waals surface area (Å²) in [5.74, 6) is 10.1. The number of hydrogen-bond donors (Lipinski definition) is 0. The average molecular weight is 527 g/mol. The molecule has 1 heteroatoms. The van der Waals surface area contributed by atoms with Crippen molar-refractivity contribution in [2.24, 2.45) is 0 Å². The van der Waals surface area contributed by atoms with Crippen molar-refractivity contribution >= 4 is 23.9 Å². The average Bonchev–Trinajstić information content (AvgIpc) is 2.91. The molecule has 4 aromatic carbocycles. The van der Waals surface area contributed by atoms with Crippen LogP contribution in [-0.4, -0.2) is 23.9 Å². The van der Waals surface area contributed by atoms with Crippen LogP contribution < -0.4 is 0 Å². The molecule has 0 aliphatic carbocycles. The van der Waals surface area contributed by atoms with E-state index in [4.69, 9.17) is 25.7 Å². The molecule has 0 atom stereocenters. The molecule has 4 radical (unpaired) electrons. The van der Waals surface area contributed by atoms with Crippen LogP contribution >= 0.6 is 0 Å². The zero-order valence-electron chi connectivity index (χ0n) is 18.4. The Hall–Kier alpha value is -4.08. The quantitative estimate of drug-likeness (QED) is 0.186. The van der Waals surface area contributed by atoms with Crippen LogP contribution in [0.1, 0.15) is 22.3 Å². The molecule has 0 bridgehead atoms. The van der Waals surface area contributed by atoms with Gasteiger partial charge in [-0.25, -0.2) is 0 Å². The van der Waals surface area contributed by atoms with Gasteiger partial charge in [-0.05, 0) is 48.5 Å². The third-order valence-corrected chi connectivity index (χ3v) is 3.76. The predicted octanol–water partition coefficient (Wildman–Crippen LogP) is 6.29. The molecule has 33 heavy (non-hydrogen) atoms. The van der Waals surface area contributed by atoms with Gasteiger partial charge in [0.15, 0.2) is 0 Å². The van der Waals surface area contributed by atoms with E-state index in [9.17, 15) is 0 Å². The maximum Gasteiger partial charge on any atom is 0.0242 e. The van der Waals surface area contributed by atoms with Crippen molar-refractivity contribution in [2.75, 3.05) is 0 Å². The molecule has 0 aliphatic rings. The van der Waals surface area contributed by atoms with Gasteiger partial charge < -0.3 is 0 Å². The second kappa shape index (κ2) is 19.9. The van der Waals surface area contributed by atoms with E-state index in [1.807, 2.05) is 121 Å². The Bertz CT molecular complexity index is 969. The second-order valence-corrected chi connectivity index (χ2v) is 6.04. The minimum atomic E-state index is 0. The fourth-order valence-corrected chi connectivity index (χ4v) is 2.14. The maximum atomic E-state index is 5.10. The van der Waals surface area contributed by atoms with Crippen molar-refractivity contribution in [3.8, 4) is 49.4 Å². The zero-order chi connectivity index (χ0) is 23.3. The maximum absolute atomic E-state index is 5.10. The van der Waals surface area contributed by atoms with Crippen molar-refractivity contribution < 1.29 is 0 Å². The van der Waals surface area contributed by atoms with Crippen LogP contribution in [0.2, 0.25) is 0 Å². The van der Waals surface area contributed by atoms with E-state index in [-0.39, 0.29) is 23.9 Å². The van der Waals surface area contributed by atoms with Crippen molar-refractivity contribution in [1.29, 1.82) is 0 Å². The Morgan fingerprint density at radius 1 is 0.303 bits per heavy atom.